The molecule has 0 unspecified atom stereocenters. The van der Waals surface area contributed by atoms with Crippen LogP contribution >= 0.6 is 0 Å². The fraction of sp³-hybridized carbons (Fsp3) is 0.333. The molecule has 4 rings (SSSR count). The molecule has 0 spiro atoms. The van der Waals surface area contributed by atoms with Crippen molar-refractivity contribution in [2.75, 3.05) is 13.7 Å². The summed E-state index contributed by atoms with van der Waals surface area (Å²) >= 11 is 0. The highest BCUT2D eigenvalue weighted by atomic mass is 16.5. The first-order valence-corrected chi connectivity index (χ1v) is 10.4. The lowest BCUT2D eigenvalue weighted by atomic mass is 10.0. The van der Waals surface area contributed by atoms with Crippen LogP contribution in [0, 0.1) is 5.92 Å². The van der Waals surface area contributed by atoms with Gasteiger partial charge in [-0.3, -0.25) is 4.79 Å². The molecule has 0 aliphatic carbocycles. The van der Waals surface area contributed by atoms with Gasteiger partial charge in [0.1, 0.15) is 5.82 Å². The summed E-state index contributed by atoms with van der Waals surface area (Å²) in [5.41, 5.74) is 4.03. The summed E-state index contributed by atoms with van der Waals surface area (Å²) in [4.78, 5) is 21.0. The molecule has 0 bridgehead atoms. The Morgan fingerprint density at radius 3 is 2.70 bits per heavy atom. The fourth-order valence-electron chi connectivity index (χ4n) is 3.91. The summed E-state index contributed by atoms with van der Waals surface area (Å²) in [7, 11) is 1.70. The van der Waals surface area contributed by atoms with Gasteiger partial charge in [0.15, 0.2) is 0 Å². The highest BCUT2D eigenvalue weighted by Crippen LogP contribution is 2.24. The van der Waals surface area contributed by atoms with Gasteiger partial charge in [-0.05, 0) is 29.7 Å². The number of fused-ring (bicyclic) bond motifs is 2. The molecule has 1 atom stereocenters. The number of amides is 1. The smallest absolute Gasteiger partial charge is 0.225 e. The molecule has 30 heavy (non-hydrogen) atoms. The molecule has 6 nitrogen and oxygen atoms in total. The number of rotatable bonds is 8. The zero-order chi connectivity index (χ0) is 21.1. The average Bonchev–Trinajstić information content (AvgIpc) is 3.32. The van der Waals surface area contributed by atoms with Crippen LogP contribution < -0.4 is 5.32 Å². The van der Waals surface area contributed by atoms with Crippen molar-refractivity contribution in [3.63, 3.8) is 0 Å². The van der Waals surface area contributed by atoms with E-state index in [1.807, 2.05) is 36.4 Å². The number of aromatic nitrogens is 3. The first-order valence-electron chi connectivity index (χ1n) is 10.4. The van der Waals surface area contributed by atoms with Gasteiger partial charge in [0.2, 0.25) is 5.91 Å². The van der Waals surface area contributed by atoms with Gasteiger partial charge in [0, 0.05) is 30.8 Å². The summed E-state index contributed by atoms with van der Waals surface area (Å²) < 4.78 is 7.38. The third kappa shape index (κ3) is 4.09. The van der Waals surface area contributed by atoms with E-state index in [-0.39, 0.29) is 17.9 Å². The number of ether oxygens (including phenoxy) is 1. The van der Waals surface area contributed by atoms with Crippen molar-refractivity contribution in [2.45, 2.75) is 32.9 Å². The predicted octanol–water partition coefficient (Wildman–Crippen LogP) is 4.22. The lowest BCUT2D eigenvalue weighted by Crippen LogP contribution is -2.33. The molecule has 0 saturated heterocycles. The topological polar surface area (TPSA) is 71.9 Å². The number of nitrogens with zero attached hydrogens (tertiary/aromatic N) is 2. The Balaban J connectivity index is 1.55. The Labute approximate surface area is 176 Å². The van der Waals surface area contributed by atoms with Crippen molar-refractivity contribution in [3.05, 3.63) is 66.1 Å². The molecular formula is C24H28N4O2. The van der Waals surface area contributed by atoms with Crippen molar-refractivity contribution < 1.29 is 9.53 Å². The predicted molar refractivity (Wildman–Crippen MR) is 119 cm³/mol. The van der Waals surface area contributed by atoms with Gasteiger partial charge in [0.25, 0.3) is 0 Å². The van der Waals surface area contributed by atoms with E-state index in [1.54, 1.807) is 7.11 Å². The van der Waals surface area contributed by atoms with E-state index in [1.165, 1.54) is 0 Å². The van der Waals surface area contributed by atoms with Crippen LogP contribution in [0.1, 0.15) is 31.3 Å². The van der Waals surface area contributed by atoms with Gasteiger partial charge in [-0.1, -0.05) is 44.2 Å². The molecule has 156 valence electrons. The van der Waals surface area contributed by atoms with Crippen LogP contribution in [0.2, 0.25) is 0 Å². The number of aromatic amines is 1. The maximum Gasteiger partial charge on any atom is 0.225 e. The van der Waals surface area contributed by atoms with E-state index in [4.69, 9.17) is 9.72 Å². The average molecular weight is 405 g/mol. The summed E-state index contributed by atoms with van der Waals surface area (Å²) in [6.07, 6.45) is 2.39. The van der Waals surface area contributed by atoms with Crippen molar-refractivity contribution >= 4 is 27.8 Å². The Morgan fingerprint density at radius 2 is 1.93 bits per heavy atom. The number of carbonyl (C=O) groups is 1. The van der Waals surface area contributed by atoms with Crippen LogP contribution in [0.25, 0.3) is 21.9 Å². The third-order valence-corrected chi connectivity index (χ3v) is 5.44. The standard InChI is InChI=1S/C24H28N4O2/c1-16(2)23(24-25-19-9-5-6-10-20(19)26-24)27-22(29)14-17-15-28(12-13-30-3)21-11-7-4-8-18(17)21/h4-11,15-16,23H,12-14H2,1-3H3,(H,25,26)(H,27,29)/t23-/m0/s1. The van der Waals surface area contributed by atoms with Gasteiger partial charge in [0.05, 0.1) is 30.1 Å². The van der Waals surface area contributed by atoms with Gasteiger partial charge < -0.3 is 19.6 Å². The van der Waals surface area contributed by atoms with E-state index >= 15 is 0 Å². The number of methoxy groups -OCH3 is 1. The van der Waals surface area contributed by atoms with Crippen molar-refractivity contribution in [2.24, 2.45) is 5.92 Å². The lowest BCUT2D eigenvalue weighted by Gasteiger charge is -2.20. The molecule has 0 radical (unpaired) electrons. The number of carbonyl (C=O) groups excluding carboxylic acids is 1. The zero-order valence-corrected chi connectivity index (χ0v) is 17.7. The Bertz CT molecular complexity index is 1130. The largest absolute Gasteiger partial charge is 0.383 e. The first-order chi connectivity index (χ1) is 14.6. The molecule has 0 aliphatic heterocycles. The molecule has 2 N–H and O–H groups in total. The second-order valence-electron chi connectivity index (χ2n) is 7.96. The molecule has 0 fully saturated rings. The van der Waals surface area contributed by atoms with Crippen molar-refractivity contribution in [1.29, 1.82) is 0 Å². The van der Waals surface area contributed by atoms with E-state index in [2.05, 4.69) is 47.0 Å². The fourth-order valence-corrected chi connectivity index (χ4v) is 3.91. The number of H-pyrrole nitrogens is 1. The Hall–Kier alpha value is -3.12. The van der Waals surface area contributed by atoms with E-state index in [0.717, 1.165) is 39.9 Å². The van der Waals surface area contributed by atoms with Crippen LogP contribution in [-0.2, 0) is 22.5 Å². The normalized spacial score (nSPS) is 12.7. The molecule has 0 aliphatic rings. The molecule has 4 aromatic rings. The molecule has 2 aromatic heterocycles. The molecule has 2 aromatic carbocycles. The zero-order valence-electron chi connectivity index (χ0n) is 17.7. The van der Waals surface area contributed by atoms with E-state index in [0.29, 0.717) is 13.0 Å². The van der Waals surface area contributed by atoms with Crippen LogP contribution in [0.5, 0.6) is 0 Å². The minimum atomic E-state index is -0.174. The Kier molecular flexibility index (Phi) is 5.86. The Morgan fingerprint density at radius 1 is 1.17 bits per heavy atom. The molecule has 2 heterocycles. The van der Waals surface area contributed by atoms with Gasteiger partial charge in [-0.2, -0.15) is 0 Å². The van der Waals surface area contributed by atoms with Crippen LogP contribution in [0.3, 0.4) is 0 Å². The number of para-hydroxylation sites is 3. The van der Waals surface area contributed by atoms with E-state index in [9.17, 15) is 4.79 Å². The summed E-state index contributed by atoms with van der Waals surface area (Å²) in [5.74, 6) is 0.989. The summed E-state index contributed by atoms with van der Waals surface area (Å²) in [6, 6.07) is 15.9. The summed E-state index contributed by atoms with van der Waals surface area (Å²) in [6.45, 7) is 5.57. The molecular weight excluding hydrogens is 376 g/mol. The molecule has 0 saturated carbocycles. The third-order valence-electron chi connectivity index (χ3n) is 5.44. The monoisotopic (exact) mass is 404 g/mol. The van der Waals surface area contributed by atoms with Gasteiger partial charge >= 0.3 is 0 Å². The maximum atomic E-state index is 13.0. The quantitative estimate of drug-likeness (QED) is 0.462. The number of nitrogens with one attached hydrogen (secondary N) is 2. The minimum absolute atomic E-state index is 0.0104. The molecule has 6 heteroatoms. The van der Waals surface area contributed by atoms with Crippen molar-refractivity contribution in [1.82, 2.24) is 19.9 Å². The number of hydrogen-bond donors (Lipinski definition) is 2. The second-order valence-corrected chi connectivity index (χ2v) is 7.96. The lowest BCUT2D eigenvalue weighted by molar-refractivity contribution is -0.121. The molecule has 1 amide bonds. The number of benzene rings is 2. The summed E-state index contributed by atoms with van der Waals surface area (Å²) in [5, 5.41) is 4.30. The highest BCUT2D eigenvalue weighted by molar-refractivity contribution is 5.89. The minimum Gasteiger partial charge on any atom is -0.383 e. The van der Waals surface area contributed by atoms with Gasteiger partial charge in [-0.25, -0.2) is 4.98 Å². The highest BCUT2D eigenvalue weighted by Gasteiger charge is 2.22. The van der Waals surface area contributed by atoms with Crippen LogP contribution in [-0.4, -0.2) is 34.2 Å². The SMILES string of the molecule is COCCn1cc(CC(=O)N[C@H](c2nc3ccccc3[nH]2)C(C)C)c2ccccc21. The van der Waals surface area contributed by atoms with Crippen molar-refractivity contribution in [3.8, 4) is 0 Å². The van der Waals surface area contributed by atoms with E-state index < -0.39 is 0 Å². The second kappa shape index (κ2) is 8.71. The maximum absolute atomic E-state index is 13.0. The number of imidazole rings is 1. The van der Waals surface area contributed by atoms with Gasteiger partial charge in [-0.15, -0.1) is 0 Å². The number of hydrogen-bond acceptors (Lipinski definition) is 3. The van der Waals surface area contributed by atoms with Crippen LogP contribution in [0.15, 0.2) is 54.7 Å². The first kappa shape index (κ1) is 20.2. The van der Waals surface area contributed by atoms with Crippen LogP contribution in [0.4, 0.5) is 0 Å².